The van der Waals surface area contributed by atoms with Crippen LogP contribution in [0.25, 0.3) is 33.6 Å². The Labute approximate surface area is 281 Å². The van der Waals surface area contributed by atoms with Crippen LogP contribution < -0.4 is 5.32 Å². The van der Waals surface area contributed by atoms with Crippen molar-refractivity contribution in [3.8, 4) is 33.6 Å². The molecular formula is C38H45N7O3. The van der Waals surface area contributed by atoms with Crippen LogP contribution in [0.3, 0.4) is 0 Å². The normalized spacial score (nSPS) is 23.7. The van der Waals surface area contributed by atoms with Crippen molar-refractivity contribution in [2.45, 2.75) is 83.0 Å². The molecule has 4 aliphatic rings. The summed E-state index contributed by atoms with van der Waals surface area (Å²) in [6.07, 6.45) is 10.7. The van der Waals surface area contributed by atoms with Gasteiger partial charge in [-0.3, -0.25) is 9.69 Å². The van der Waals surface area contributed by atoms with E-state index in [0.29, 0.717) is 12.0 Å². The Bertz CT molecular complexity index is 1860. The van der Waals surface area contributed by atoms with E-state index in [9.17, 15) is 9.59 Å². The minimum Gasteiger partial charge on any atom is -0.453 e. The number of likely N-dealkylation sites (tertiary alicyclic amines) is 2. The summed E-state index contributed by atoms with van der Waals surface area (Å²) in [6.45, 7) is 5.02. The van der Waals surface area contributed by atoms with Crippen molar-refractivity contribution in [2.75, 3.05) is 20.7 Å². The van der Waals surface area contributed by atoms with E-state index in [1.54, 1.807) is 0 Å². The second-order valence-electron chi connectivity index (χ2n) is 14.5. The van der Waals surface area contributed by atoms with Gasteiger partial charge in [-0.1, -0.05) is 38.1 Å². The number of fused-ring (bicyclic) bond motifs is 5. The number of alkyl carbamates (subject to hydrolysis) is 1. The molecule has 2 unspecified atom stereocenters. The molecule has 4 aromatic rings. The van der Waals surface area contributed by atoms with Gasteiger partial charge in [-0.2, -0.15) is 0 Å². The number of piperidine rings is 1. The SMILES string of the molecule is COC(=O)N[C@H](C(=O)N1C2CCC(C2)[C@H]1c1ncc(-c2ccc3c(c2)CCc2cc(-c4cnc([C@@H]5CCCN5C)[nH]4)ccc2-3)[nH]1)C(C)C. The Balaban J connectivity index is 1.02. The van der Waals surface area contributed by atoms with E-state index in [1.165, 1.54) is 41.3 Å². The lowest BCUT2D eigenvalue weighted by molar-refractivity contribution is -0.139. The molecule has 4 heterocycles. The summed E-state index contributed by atoms with van der Waals surface area (Å²) in [7, 11) is 3.50. The van der Waals surface area contributed by atoms with Gasteiger partial charge in [0.15, 0.2) is 0 Å². The van der Waals surface area contributed by atoms with E-state index in [0.717, 1.165) is 73.7 Å². The molecule has 0 radical (unpaired) electrons. The minimum absolute atomic E-state index is 0.0597. The molecule has 2 aliphatic heterocycles. The molecule has 2 amide bonds. The quantitative estimate of drug-likeness (QED) is 0.213. The average molecular weight is 648 g/mol. The van der Waals surface area contributed by atoms with Crippen LogP contribution in [-0.4, -0.2) is 74.5 Å². The van der Waals surface area contributed by atoms with Gasteiger partial charge < -0.3 is 24.9 Å². The number of ether oxygens (including phenoxy) is 1. The Morgan fingerprint density at radius 2 is 1.56 bits per heavy atom. The predicted octanol–water partition coefficient (Wildman–Crippen LogP) is 6.43. The van der Waals surface area contributed by atoms with Crippen LogP contribution >= 0.6 is 0 Å². The number of nitrogens with zero attached hydrogens (tertiary/aromatic N) is 4. The fourth-order valence-electron chi connectivity index (χ4n) is 8.79. The summed E-state index contributed by atoms with van der Waals surface area (Å²) in [5.74, 6) is 2.11. The Kier molecular flexibility index (Phi) is 7.86. The molecule has 1 saturated carbocycles. The number of hydrogen-bond donors (Lipinski definition) is 3. The highest BCUT2D eigenvalue weighted by Gasteiger charge is 2.51. The number of aromatic amines is 2. The van der Waals surface area contributed by atoms with Crippen molar-refractivity contribution in [3.05, 3.63) is 71.6 Å². The molecule has 5 atom stereocenters. The molecule has 2 aromatic heterocycles. The number of methoxy groups -OCH3 is 1. The van der Waals surface area contributed by atoms with Gasteiger partial charge in [0, 0.05) is 6.04 Å². The monoisotopic (exact) mass is 647 g/mol. The van der Waals surface area contributed by atoms with Crippen molar-refractivity contribution in [1.29, 1.82) is 0 Å². The first-order valence-corrected chi connectivity index (χ1v) is 17.5. The fraction of sp³-hybridized carbons (Fsp3) is 0.474. The van der Waals surface area contributed by atoms with Crippen molar-refractivity contribution in [2.24, 2.45) is 11.8 Å². The van der Waals surface area contributed by atoms with E-state index < -0.39 is 12.1 Å². The number of amides is 2. The van der Waals surface area contributed by atoms with Crippen molar-refractivity contribution in [3.63, 3.8) is 0 Å². The van der Waals surface area contributed by atoms with Crippen molar-refractivity contribution in [1.82, 2.24) is 35.1 Å². The molecule has 3 N–H and O–H groups in total. The van der Waals surface area contributed by atoms with Crippen LogP contribution in [0, 0.1) is 11.8 Å². The number of benzene rings is 2. The number of carbonyl (C=O) groups is 2. The summed E-state index contributed by atoms with van der Waals surface area (Å²) in [4.78, 5) is 47.2. The number of aromatic nitrogens is 4. The van der Waals surface area contributed by atoms with Gasteiger partial charge in [-0.25, -0.2) is 14.8 Å². The number of rotatable bonds is 7. The molecule has 2 aromatic carbocycles. The highest BCUT2D eigenvalue weighted by atomic mass is 16.5. The van der Waals surface area contributed by atoms with Gasteiger partial charge in [-0.15, -0.1) is 0 Å². The van der Waals surface area contributed by atoms with Crippen LogP contribution in [0.2, 0.25) is 0 Å². The standard InChI is InChI=1S/C38H45N7O3/c1-21(2)33(43-38(47)48-4)37(46)45-27-12-9-26(18-27)34(45)36-40-20-31(42-36)25-11-14-29-23(17-25)8-7-22-16-24(10-13-28(22)29)30-19-39-35(41-30)32-6-5-15-44(32)3/h10-11,13-14,16-17,19-21,26-27,32-34H,5-9,12,15,18H2,1-4H3,(H,39,41)(H,40,42)(H,43,47)/t26?,27?,32-,33-,34-/m0/s1. The predicted molar refractivity (Wildman–Crippen MR) is 184 cm³/mol. The van der Waals surface area contributed by atoms with E-state index in [4.69, 9.17) is 14.7 Å². The molecule has 8 rings (SSSR count). The number of hydrogen-bond acceptors (Lipinski definition) is 6. The molecule has 10 nitrogen and oxygen atoms in total. The maximum Gasteiger partial charge on any atom is 0.407 e. The third-order valence-corrected chi connectivity index (χ3v) is 11.3. The molecule has 0 spiro atoms. The maximum absolute atomic E-state index is 13.9. The summed E-state index contributed by atoms with van der Waals surface area (Å²) in [5, 5.41) is 2.78. The molecule has 2 saturated heterocycles. The zero-order valence-electron chi connectivity index (χ0n) is 28.3. The van der Waals surface area contributed by atoms with E-state index in [2.05, 4.69) is 63.6 Å². The number of H-pyrrole nitrogens is 2. The van der Waals surface area contributed by atoms with Gasteiger partial charge >= 0.3 is 6.09 Å². The van der Waals surface area contributed by atoms with Crippen LogP contribution in [0.15, 0.2) is 48.8 Å². The summed E-state index contributed by atoms with van der Waals surface area (Å²) in [5.41, 5.74) is 9.61. The number of aryl methyl sites for hydroxylation is 2. The van der Waals surface area contributed by atoms with Gasteiger partial charge in [0.05, 0.1) is 43.0 Å². The van der Waals surface area contributed by atoms with Crippen LogP contribution in [-0.2, 0) is 22.4 Å². The molecule has 48 heavy (non-hydrogen) atoms. The first kappa shape index (κ1) is 30.9. The highest BCUT2D eigenvalue weighted by molar-refractivity contribution is 5.87. The third-order valence-electron chi connectivity index (χ3n) is 11.3. The van der Waals surface area contributed by atoms with E-state index in [1.807, 2.05) is 31.1 Å². The smallest absolute Gasteiger partial charge is 0.407 e. The van der Waals surface area contributed by atoms with E-state index in [-0.39, 0.29) is 23.9 Å². The fourth-order valence-corrected chi connectivity index (χ4v) is 8.79. The number of carbonyl (C=O) groups excluding carboxylic acids is 2. The van der Waals surface area contributed by atoms with Gasteiger partial charge in [0.25, 0.3) is 0 Å². The summed E-state index contributed by atoms with van der Waals surface area (Å²) >= 11 is 0. The van der Waals surface area contributed by atoms with Crippen molar-refractivity contribution < 1.29 is 14.3 Å². The van der Waals surface area contributed by atoms with Crippen LogP contribution in [0.1, 0.15) is 80.8 Å². The van der Waals surface area contributed by atoms with Crippen LogP contribution in [0.5, 0.6) is 0 Å². The topological polar surface area (TPSA) is 119 Å². The molecule has 10 heteroatoms. The van der Waals surface area contributed by atoms with E-state index >= 15 is 0 Å². The second-order valence-corrected chi connectivity index (χ2v) is 14.5. The lowest BCUT2D eigenvalue weighted by Crippen LogP contribution is -2.54. The lowest BCUT2D eigenvalue weighted by Gasteiger charge is -2.37. The molecule has 2 aliphatic carbocycles. The number of imidazole rings is 2. The van der Waals surface area contributed by atoms with Gasteiger partial charge in [0.1, 0.15) is 17.7 Å². The Morgan fingerprint density at radius 3 is 2.17 bits per heavy atom. The number of nitrogens with one attached hydrogen (secondary N) is 3. The first-order valence-electron chi connectivity index (χ1n) is 17.5. The summed E-state index contributed by atoms with van der Waals surface area (Å²) in [6, 6.07) is 13.3. The lowest BCUT2D eigenvalue weighted by atomic mass is 9.83. The molecular weight excluding hydrogens is 602 g/mol. The highest BCUT2D eigenvalue weighted by Crippen LogP contribution is 2.50. The largest absolute Gasteiger partial charge is 0.453 e. The molecule has 3 fully saturated rings. The first-order chi connectivity index (χ1) is 23.3. The Morgan fingerprint density at radius 1 is 0.917 bits per heavy atom. The van der Waals surface area contributed by atoms with Gasteiger partial charge in [0.2, 0.25) is 5.91 Å². The Hall–Kier alpha value is -4.44. The molecule has 250 valence electrons. The zero-order valence-corrected chi connectivity index (χ0v) is 28.3. The minimum atomic E-state index is -0.649. The zero-order chi connectivity index (χ0) is 33.1. The summed E-state index contributed by atoms with van der Waals surface area (Å²) < 4.78 is 4.83. The van der Waals surface area contributed by atoms with Crippen LogP contribution in [0.4, 0.5) is 4.79 Å². The third kappa shape index (κ3) is 5.30. The second kappa shape index (κ2) is 12.2. The molecule has 2 bridgehead atoms. The maximum atomic E-state index is 13.9. The van der Waals surface area contributed by atoms with Crippen molar-refractivity contribution >= 4 is 12.0 Å². The van der Waals surface area contributed by atoms with Gasteiger partial charge in [-0.05, 0) is 116 Å². The average Bonchev–Trinajstić information content (AvgIpc) is 3.94.